The van der Waals surface area contributed by atoms with Gasteiger partial charge in [-0.25, -0.2) is 4.79 Å². The van der Waals surface area contributed by atoms with E-state index in [1.165, 1.54) is 0 Å². The molecule has 2 bridgehead atoms. The molecule has 0 amide bonds. The molecule has 5 heteroatoms. The molecule has 2 N–H and O–H groups in total. The van der Waals surface area contributed by atoms with Gasteiger partial charge in [-0.1, -0.05) is 0 Å². The minimum atomic E-state index is -0.900. The second-order valence-corrected chi connectivity index (χ2v) is 9.05. The number of hydrogen-bond acceptors (Lipinski definition) is 5. The molecule has 0 aromatic rings. The molecule has 2 saturated heterocycles. The van der Waals surface area contributed by atoms with Crippen LogP contribution in [-0.2, 0) is 14.3 Å². The van der Waals surface area contributed by atoms with Gasteiger partial charge >= 0.3 is 5.97 Å². The molecule has 3 heterocycles. The number of aliphatic hydroxyl groups is 2. The summed E-state index contributed by atoms with van der Waals surface area (Å²) in [5.74, 6) is -0.253. The first kappa shape index (κ1) is 18.9. The first-order chi connectivity index (χ1) is 11.5. The van der Waals surface area contributed by atoms with Crippen molar-refractivity contribution in [1.82, 2.24) is 0 Å². The molecule has 2 fully saturated rings. The van der Waals surface area contributed by atoms with E-state index < -0.39 is 16.8 Å². The number of hydrogen-bond donors (Lipinski definition) is 2. The summed E-state index contributed by atoms with van der Waals surface area (Å²) in [6, 6.07) is 0. The van der Waals surface area contributed by atoms with E-state index in [-0.39, 0.29) is 18.2 Å². The number of rotatable bonds is 0. The molecule has 0 spiro atoms. The van der Waals surface area contributed by atoms with Crippen molar-refractivity contribution in [2.24, 2.45) is 0 Å². The van der Waals surface area contributed by atoms with Crippen LogP contribution in [0.4, 0.5) is 0 Å². The SMILES string of the molecule is CC1=C2CC[C@](C)(O)CCC[C@](C)(O)[C@@H]3CC[C@](C)(C[C@@H]2OC1=O)O3. The topological polar surface area (TPSA) is 76.0 Å². The normalized spacial score (nSPS) is 46.1. The molecule has 0 aromatic carbocycles. The van der Waals surface area contributed by atoms with Gasteiger partial charge in [-0.3, -0.25) is 0 Å². The van der Waals surface area contributed by atoms with Gasteiger partial charge in [0.15, 0.2) is 0 Å². The monoisotopic (exact) mass is 352 g/mol. The van der Waals surface area contributed by atoms with Crippen LogP contribution in [0.1, 0.15) is 79.1 Å². The minimum Gasteiger partial charge on any atom is -0.454 e. The summed E-state index contributed by atoms with van der Waals surface area (Å²) in [5.41, 5.74) is -0.419. The molecule has 142 valence electrons. The van der Waals surface area contributed by atoms with Crippen LogP contribution in [0.5, 0.6) is 0 Å². The fourth-order valence-electron chi connectivity index (χ4n) is 4.57. The number of ether oxygens (including phenoxy) is 2. The van der Waals surface area contributed by atoms with Gasteiger partial charge in [0.05, 0.1) is 22.9 Å². The highest BCUT2D eigenvalue weighted by Crippen LogP contribution is 2.43. The number of carbonyl (C=O) groups is 1. The Morgan fingerprint density at radius 1 is 1.08 bits per heavy atom. The minimum absolute atomic E-state index is 0.214. The number of esters is 1. The first-order valence-electron chi connectivity index (χ1n) is 9.55. The van der Waals surface area contributed by atoms with Crippen LogP contribution in [0, 0.1) is 0 Å². The fourth-order valence-corrected chi connectivity index (χ4v) is 4.57. The average molecular weight is 352 g/mol. The third-order valence-corrected chi connectivity index (χ3v) is 6.43. The largest absolute Gasteiger partial charge is 0.454 e. The maximum absolute atomic E-state index is 12.1. The highest BCUT2D eigenvalue weighted by Gasteiger charge is 2.47. The van der Waals surface area contributed by atoms with Gasteiger partial charge in [-0.15, -0.1) is 0 Å². The van der Waals surface area contributed by atoms with E-state index in [1.807, 2.05) is 20.8 Å². The Balaban J connectivity index is 1.88. The van der Waals surface area contributed by atoms with Gasteiger partial charge in [0.2, 0.25) is 0 Å². The molecule has 5 atom stereocenters. The first-order valence-corrected chi connectivity index (χ1v) is 9.55. The zero-order chi connectivity index (χ0) is 18.5. The van der Waals surface area contributed by atoms with E-state index in [2.05, 4.69) is 6.92 Å². The van der Waals surface area contributed by atoms with Gasteiger partial charge in [0, 0.05) is 12.0 Å². The van der Waals surface area contributed by atoms with Crippen molar-refractivity contribution in [1.29, 1.82) is 0 Å². The second kappa shape index (κ2) is 6.36. The summed E-state index contributed by atoms with van der Waals surface area (Å²) in [5, 5.41) is 21.6. The Morgan fingerprint density at radius 2 is 1.80 bits per heavy atom. The molecule has 0 aromatic heterocycles. The molecule has 5 nitrogen and oxygen atoms in total. The lowest BCUT2D eigenvalue weighted by Crippen LogP contribution is -2.42. The van der Waals surface area contributed by atoms with Crippen molar-refractivity contribution in [3.63, 3.8) is 0 Å². The molecule has 0 radical (unpaired) electrons. The standard InChI is InChI=1S/C20H32O5/c1-13-14-6-10-18(2,22)8-5-9-20(4,23)16-7-11-19(3,25-16)12-15(14)24-17(13)21/h15-16,22-23H,5-12H2,1-4H3/t15-,16-,18+,19+,20-/m0/s1. The van der Waals surface area contributed by atoms with Crippen molar-refractivity contribution in [2.45, 2.75) is 108 Å². The van der Waals surface area contributed by atoms with Crippen molar-refractivity contribution in [3.8, 4) is 0 Å². The Hall–Kier alpha value is -0.910. The molecule has 0 aliphatic carbocycles. The van der Waals surface area contributed by atoms with Crippen LogP contribution < -0.4 is 0 Å². The zero-order valence-electron chi connectivity index (χ0n) is 15.9. The number of carbonyl (C=O) groups excluding carboxylic acids is 1. The zero-order valence-corrected chi connectivity index (χ0v) is 15.9. The summed E-state index contributed by atoms with van der Waals surface area (Å²) in [6.07, 6.45) is 5.01. The van der Waals surface area contributed by atoms with E-state index in [4.69, 9.17) is 9.47 Å². The van der Waals surface area contributed by atoms with Crippen LogP contribution in [0.15, 0.2) is 11.1 Å². The predicted octanol–water partition coefficient (Wildman–Crippen LogP) is 3.02. The summed E-state index contributed by atoms with van der Waals surface area (Å²) in [6.45, 7) is 7.55. The van der Waals surface area contributed by atoms with E-state index in [0.29, 0.717) is 37.7 Å². The maximum Gasteiger partial charge on any atom is 0.334 e. The molecule has 25 heavy (non-hydrogen) atoms. The summed E-state index contributed by atoms with van der Waals surface area (Å²) in [7, 11) is 0. The van der Waals surface area contributed by atoms with Crippen molar-refractivity contribution in [3.05, 3.63) is 11.1 Å². The van der Waals surface area contributed by atoms with Gasteiger partial charge in [0.1, 0.15) is 6.10 Å². The van der Waals surface area contributed by atoms with Crippen molar-refractivity contribution in [2.75, 3.05) is 0 Å². The average Bonchev–Trinajstić information content (AvgIpc) is 2.99. The lowest BCUT2D eigenvalue weighted by molar-refractivity contribution is -0.149. The van der Waals surface area contributed by atoms with Crippen molar-refractivity contribution >= 4 is 5.97 Å². The molecule has 0 saturated carbocycles. The Morgan fingerprint density at radius 3 is 2.52 bits per heavy atom. The van der Waals surface area contributed by atoms with Gasteiger partial charge in [0.25, 0.3) is 0 Å². The van der Waals surface area contributed by atoms with Crippen LogP contribution in [0.25, 0.3) is 0 Å². The third kappa shape index (κ3) is 3.93. The Bertz CT molecular complexity index is 577. The van der Waals surface area contributed by atoms with Gasteiger partial charge in [-0.2, -0.15) is 0 Å². The van der Waals surface area contributed by atoms with Gasteiger partial charge < -0.3 is 19.7 Å². The van der Waals surface area contributed by atoms with E-state index in [0.717, 1.165) is 24.8 Å². The third-order valence-electron chi connectivity index (χ3n) is 6.43. The quantitative estimate of drug-likeness (QED) is 0.656. The lowest BCUT2D eigenvalue weighted by Gasteiger charge is -2.34. The summed E-state index contributed by atoms with van der Waals surface area (Å²) in [4.78, 5) is 12.1. The van der Waals surface area contributed by atoms with Crippen molar-refractivity contribution < 1.29 is 24.5 Å². The summed E-state index contributed by atoms with van der Waals surface area (Å²) >= 11 is 0. The molecule has 3 aliphatic rings. The van der Waals surface area contributed by atoms with E-state index >= 15 is 0 Å². The molecule has 3 rings (SSSR count). The Kier molecular flexibility index (Phi) is 4.80. The molecular formula is C20H32O5. The lowest BCUT2D eigenvalue weighted by atomic mass is 9.83. The number of fused-ring (bicyclic) bond motifs is 3. The van der Waals surface area contributed by atoms with Crippen LogP contribution in [0.3, 0.4) is 0 Å². The smallest absolute Gasteiger partial charge is 0.334 e. The fraction of sp³-hybridized carbons (Fsp3) is 0.850. The molecular weight excluding hydrogens is 320 g/mol. The van der Waals surface area contributed by atoms with E-state index in [9.17, 15) is 15.0 Å². The Labute approximate surface area is 150 Å². The van der Waals surface area contributed by atoms with E-state index in [1.54, 1.807) is 0 Å². The van der Waals surface area contributed by atoms with Crippen LogP contribution in [0.2, 0.25) is 0 Å². The van der Waals surface area contributed by atoms with Crippen LogP contribution >= 0.6 is 0 Å². The highest BCUT2D eigenvalue weighted by molar-refractivity contribution is 5.91. The van der Waals surface area contributed by atoms with Crippen LogP contribution in [-0.4, -0.2) is 45.2 Å². The highest BCUT2D eigenvalue weighted by atomic mass is 16.6. The molecule has 0 unspecified atom stereocenters. The summed E-state index contributed by atoms with van der Waals surface area (Å²) < 4.78 is 11.9. The predicted molar refractivity (Wildman–Crippen MR) is 94.0 cm³/mol. The maximum atomic E-state index is 12.1. The molecule has 3 aliphatic heterocycles. The van der Waals surface area contributed by atoms with Gasteiger partial charge in [-0.05, 0) is 78.2 Å². The second-order valence-electron chi connectivity index (χ2n) is 9.05.